The van der Waals surface area contributed by atoms with Gasteiger partial charge in [0.1, 0.15) is 18.6 Å². The van der Waals surface area contributed by atoms with Crippen molar-refractivity contribution in [3.8, 4) is 0 Å². The Bertz CT molecular complexity index is 913. The summed E-state index contributed by atoms with van der Waals surface area (Å²) in [5.74, 6) is -0.132. The maximum absolute atomic E-state index is 13.4. The normalized spacial score (nSPS) is 51.9. The number of allylic oxidation sites excluding steroid dienone is 1. The van der Waals surface area contributed by atoms with Crippen molar-refractivity contribution in [3.05, 3.63) is 41.5 Å². The number of nitrogens with zero attached hydrogens (tertiary/aromatic N) is 1. The summed E-state index contributed by atoms with van der Waals surface area (Å²) >= 11 is 0. The molecule has 4 saturated heterocycles. The second-order valence-corrected chi connectivity index (χ2v) is 9.48. The first-order valence-corrected chi connectivity index (χ1v) is 10.1. The van der Waals surface area contributed by atoms with Gasteiger partial charge in [-0.05, 0) is 24.1 Å². The first-order chi connectivity index (χ1) is 13.0. The lowest BCUT2D eigenvalue weighted by molar-refractivity contribution is -0.975. The molecule has 6 aliphatic rings. The molecule has 5 heterocycles. The summed E-state index contributed by atoms with van der Waals surface area (Å²) in [5.41, 5.74) is 2.41. The van der Waals surface area contributed by atoms with Crippen molar-refractivity contribution in [2.45, 2.75) is 49.4 Å². The number of hydrogen-bond acceptors (Lipinski definition) is 4. The Labute approximate surface area is 159 Å². The van der Waals surface area contributed by atoms with Crippen LogP contribution in [0.1, 0.15) is 25.3 Å². The highest BCUT2D eigenvalue weighted by molar-refractivity contribution is 5.83. The number of piperidine rings is 4. The van der Waals surface area contributed by atoms with Crippen molar-refractivity contribution in [1.29, 1.82) is 0 Å². The van der Waals surface area contributed by atoms with E-state index in [1.807, 2.05) is 6.07 Å². The van der Waals surface area contributed by atoms with Crippen molar-refractivity contribution >= 4 is 11.7 Å². The van der Waals surface area contributed by atoms with Gasteiger partial charge in [-0.2, -0.15) is 0 Å². The highest BCUT2D eigenvalue weighted by Crippen LogP contribution is 2.73. The third-order valence-corrected chi connectivity index (χ3v) is 9.11. The molecule has 2 N–H and O–H groups in total. The highest BCUT2D eigenvalue weighted by Gasteiger charge is 2.87. The van der Waals surface area contributed by atoms with E-state index < -0.39 is 16.9 Å². The van der Waals surface area contributed by atoms with E-state index in [1.54, 1.807) is 0 Å². The lowest BCUT2D eigenvalue weighted by Gasteiger charge is -2.64. The van der Waals surface area contributed by atoms with Crippen LogP contribution in [0.5, 0.6) is 0 Å². The van der Waals surface area contributed by atoms with Crippen molar-refractivity contribution in [2.75, 3.05) is 26.0 Å². The Morgan fingerprint density at radius 1 is 1.41 bits per heavy atom. The maximum Gasteiger partial charge on any atom is 0.321 e. The second-order valence-electron chi connectivity index (χ2n) is 9.48. The molecule has 5 fully saturated rings. The summed E-state index contributed by atoms with van der Waals surface area (Å²) in [6.45, 7) is 3.05. The van der Waals surface area contributed by atoms with E-state index in [9.17, 15) is 9.90 Å². The number of carbonyl (C=O) groups excluding carboxylic acids is 1. The van der Waals surface area contributed by atoms with E-state index in [0.29, 0.717) is 6.04 Å². The number of benzene rings is 1. The molecule has 0 amide bonds. The van der Waals surface area contributed by atoms with E-state index in [-0.39, 0.29) is 24.0 Å². The predicted octanol–water partition coefficient (Wildman–Crippen LogP) is 1.82. The van der Waals surface area contributed by atoms with E-state index >= 15 is 0 Å². The molecule has 1 aliphatic carbocycles. The SMILES string of the molecule is C/C=C1\C[N+]2(C)[C@@H]3C[C@@]45c6ccccc6N[C@H]4[C@@H]2C[C@H]1[C@@]3(C(=O)OC)[C@@H]5O. The summed E-state index contributed by atoms with van der Waals surface area (Å²) in [6.07, 6.45) is 3.23. The molecule has 1 aromatic rings. The molecule has 0 aromatic heterocycles. The standard InChI is InChI=1S/C22H27N2O3/c1-4-12-11-24(2)16-9-14(12)22(20(26)27-3)17(24)10-21(19(22)25)13-7-5-6-8-15(13)23-18(16)21/h4-8,14,16-19,23,25H,9-11H2,1-3H3/q+1/b12-4+/t14-,16+,17-,18+,19-,21-,22+,24?/m1/s1. The zero-order valence-electron chi connectivity index (χ0n) is 16.1. The Morgan fingerprint density at radius 2 is 2.19 bits per heavy atom. The molecule has 1 unspecified atom stereocenters. The first kappa shape index (κ1) is 16.1. The molecule has 1 spiro atoms. The van der Waals surface area contributed by atoms with Gasteiger partial charge in [0, 0.05) is 24.4 Å². The van der Waals surface area contributed by atoms with Gasteiger partial charge >= 0.3 is 5.97 Å². The first-order valence-electron chi connectivity index (χ1n) is 10.1. The summed E-state index contributed by atoms with van der Waals surface area (Å²) in [4.78, 5) is 13.4. The number of methoxy groups -OCH3 is 1. The van der Waals surface area contributed by atoms with Gasteiger partial charge in [-0.1, -0.05) is 24.3 Å². The van der Waals surface area contributed by atoms with Gasteiger partial charge in [0.15, 0.2) is 5.41 Å². The molecule has 8 atom stereocenters. The third kappa shape index (κ3) is 1.37. The van der Waals surface area contributed by atoms with Crippen LogP contribution in [0.2, 0.25) is 0 Å². The molecular formula is C22H27N2O3+. The predicted molar refractivity (Wildman–Crippen MR) is 101 cm³/mol. The molecule has 7 rings (SSSR count). The van der Waals surface area contributed by atoms with Crippen molar-refractivity contribution in [1.82, 2.24) is 0 Å². The summed E-state index contributed by atoms with van der Waals surface area (Å²) in [5, 5.41) is 15.8. The van der Waals surface area contributed by atoms with Gasteiger partial charge in [0.05, 0.1) is 31.7 Å². The smallest absolute Gasteiger partial charge is 0.321 e. The number of ether oxygens (including phenoxy) is 1. The third-order valence-electron chi connectivity index (χ3n) is 9.11. The molecule has 5 bridgehead atoms. The molecule has 142 valence electrons. The van der Waals surface area contributed by atoms with Crippen LogP contribution in [0.25, 0.3) is 0 Å². The van der Waals surface area contributed by atoms with Gasteiger partial charge in [-0.15, -0.1) is 0 Å². The number of likely N-dealkylation sites (N-methyl/N-ethyl adjacent to an activating group) is 1. The minimum absolute atomic E-state index is 0.0823. The zero-order chi connectivity index (χ0) is 18.8. The molecule has 5 aliphatic heterocycles. The molecule has 0 radical (unpaired) electrons. The minimum Gasteiger partial charge on any atom is -0.468 e. The average Bonchev–Trinajstić information content (AvgIpc) is 3.13. The lowest BCUT2D eigenvalue weighted by atomic mass is 9.57. The summed E-state index contributed by atoms with van der Waals surface area (Å²) < 4.78 is 6.24. The Kier molecular flexibility index (Phi) is 2.74. The Balaban J connectivity index is 1.68. The van der Waals surface area contributed by atoms with Crippen LogP contribution in [0, 0.1) is 11.3 Å². The lowest BCUT2D eigenvalue weighted by Crippen LogP contribution is -2.79. The molecule has 5 nitrogen and oxygen atoms in total. The van der Waals surface area contributed by atoms with E-state index in [4.69, 9.17) is 4.74 Å². The molecular weight excluding hydrogens is 340 g/mol. The average molecular weight is 367 g/mol. The number of carbonyl (C=O) groups is 1. The van der Waals surface area contributed by atoms with Gasteiger partial charge in [-0.3, -0.25) is 4.79 Å². The van der Waals surface area contributed by atoms with Crippen LogP contribution < -0.4 is 5.32 Å². The Morgan fingerprint density at radius 3 is 2.93 bits per heavy atom. The number of fused-ring (bicyclic) bond motifs is 2. The van der Waals surface area contributed by atoms with E-state index in [0.717, 1.165) is 29.6 Å². The van der Waals surface area contributed by atoms with Crippen molar-refractivity contribution < 1.29 is 19.1 Å². The van der Waals surface area contributed by atoms with Gasteiger partial charge in [0.2, 0.25) is 0 Å². The minimum atomic E-state index is -0.839. The number of aliphatic hydroxyl groups excluding tert-OH is 1. The van der Waals surface area contributed by atoms with Gasteiger partial charge < -0.3 is 19.6 Å². The molecule has 1 saturated carbocycles. The van der Waals surface area contributed by atoms with E-state index in [2.05, 4.69) is 43.6 Å². The maximum atomic E-state index is 13.4. The molecule has 1 aromatic carbocycles. The second kappa shape index (κ2) is 4.58. The Hall–Kier alpha value is -1.85. The number of para-hydroxylation sites is 1. The van der Waals surface area contributed by atoms with Crippen LogP contribution in [-0.2, 0) is 14.9 Å². The monoisotopic (exact) mass is 367 g/mol. The number of quaternary nitrogens is 1. The number of aliphatic hydroxyl groups is 1. The summed E-state index contributed by atoms with van der Waals surface area (Å²) in [7, 11) is 3.78. The number of rotatable bonds is 1. The fourth-order valence-electron chi connectivity index (χ4n) is 8.23. The highest BCUT2D eigenvalue weighted by atomic mass is 16.5. The van der Waals surface area contributed by atoms with Crippen molar-refractivity contribution in [3.63, 3.8) is 0 Å². The van der Waals surface area contributed by atoms with Crippen LogP contribution >= 0.6 is 0 Å². The van der Waals surface area contributed by atoms with Gasteiger partial charge in [0.25, 0.3) is 0 Å². The van der Waals surface area contributed by atoms with Crippen LogP contribution in [0.4, 0.5) is 5.69 Å². The quantitative estimate of drug-likeness (QED) is 0.452. The number of hydrogen-bond donors (Lipinski definition) is 2. The van der Waals surface area contributed by atoms with Crippen LogP contribution in [0.3, 0.4) is 0 Å². The summed E-state index contributed by atoms with van der Waals surface area (Å²) in [6, 6.07) is 9.05. The van der Waals surface area contributed by atoms with Crippen LogP contribution in [-0.4, -0.2) is 60.5 Å². The van der Waals surface area contributed by atoms with Crippen molar-refractivity contribution in [2.24, 2.45) is 11.3 Å². The zero-order valence-corrected chi connectivity index (χ0v) is 16.1. The van der Waals surface area contributed by atoms with E-state index in [1.165, 1.54) is 18.2 Å². The molecule has 27 heavy (non-hydrogen) atoms. The fraction of sp³-hybridized carbons (Fsp3) is 0.591. The largest absolute Gasteiger partial charge is 0.468 e. The molecule has 5 heteroatoms. The number of esters is 1. The fourth-order valence-corrected chi connectivity index (χ4v) is 8.23. The van der Waals surface area contributed by atoms with Gasteiger partial charge in [-0.25, -0.2) is 0 Å². The topological polar surface area (TPSA) is 58.6 Å². The number of nitrogens with one attached hydrogen (secondary N) is 1. The van der Waals surface area contributed by atoms with Crippen LogP contribution in [0.15, 0.2) is 35.9 Å². The number of anilines is 1.